The van der Waals surface area contributed by atoms with Gasteiger partial charge in [0.25, 0.3) is 5.91 Å². The lowest BCUT2D eigenvalue weighted by Crippen LogP contribution is -2.32. The fourth-order valence-corrected chi connectivity index (χ4v) is 3.99. The zero-order valence-electron chi connectivity index (χ0n) is 18.9. The molecule has 8 heteroatoms. The average molecular weight is 463 g/mol. The number of benzene rings is 2. The molecule has 170 valence electrons. The van der Waals surface area contributed by atoms with Crippen LogP contribution in [0.25, 0.3) is 6.08 Å². The number of nitriles is 1. The summed E-state index contributed by atoms with van der Waals surface area (Å²) in [6.07, 6.45) is 1.99. The van der Waals surface area contributed by atoms with Crippen LogP contribution in [0.4, 0.5) is 5.69 Å². The maximum Gasteiger partial charge on any atom is 0.283 e. The second-order valence-corrected chi connectivity index (χ2v) is 8.58. The maximum atomic E-state index is 13.3. The molecule has 7 nitrogen and oxygen atoms in total. The first-order chi connectivity index (χ1) is 15.9. The van der Waals surface area contributed by atoms with Crippen LogP contribution < -0.4 is 15.0 Å². The van der Waals surface area contributed by atoms with Crippen LogP contribution in [-0.4, -0.2) is 36.4 Å². The van der Waals surface area contributed by atoms with Crippen LogP contribution in [-0.2, 0) is 9.59 Å². The normalized spacial score (nSPS) is 14.4. The van der Waals surface area contributed by atoms with Crippen molar-refractivity contribution in [3.8, 4) is 11.8 Å². The number of carbonyl (C=O) groups excluding carboxylic acids is 2. The number of methoxy groups -OCH3 is 1. The van der Waals surface area contributed by atoms with E-state index in [9.17, 15) is 9.59 Å². The van der Waals surface area contributed by atoms with E-state index in [1.54, 1.807) is 37.5 Å². The van der Waals surface area contributed by atoms with Gasteiger partial charge >= 0.3 is 0 Å². The van der Waals surface area contributed by atoms with Gasteiger partial charge in [-0.2, -0.15) is 5.26 Å². The van der Waals surface area contributed by atoms with Gasteiger partial charge in [-0.3, -0.25) is 14.5 Å². The van der Waals surface area contributed by atoms with Crippen molar-refractivity contribution >= 4 is 40.5 Å². The number of hydrogen-bond acceptors (Lipinski definition) is 6. The summed E-state index contributed by atoms with van der Waals surface area (Å²) in [5.41, 5.74) is 2.99. The number of aliphatic imine (C=N–C) groups is 1. The highest BCUT2D eigenvalue weighted by molar-refractivity contribution is 8.14. The monoisotopic (exact) mass is 462 g/mol. The third-order valence-electron chi connectivity index (χ3n) is 4.94. The Kier molecular flexibility index (Phi) is 8.28. The predicted octanol–water partition coefficient (Wildman–Crippen LogP) is 4.33. The van der Waals surface area contributed by atoms with Crippen molar-refractivity contribution in [2.45, 2.75) is 26.2 Å². The molecule has 0 radical (unpaired) electrons. The second-order valence-electron chi connectivity index (χ2n) is 7.63. The molecular formula is C25H26N4O3S. The molecule has 0 spiro atoms. The first-order valence-electron chi connectivity index (χ1n) is 10.6. The number of amidine groups is 1. The van der Waals surface area contributed by atoms with Gasteiger partial charge < -0.3 is 10.1 Å². The highest BCUT2D eigenvalue weighted by Crippen LogP contribution is 2.31. The van der Waals surface area contributed by atoms with Crippen molar-refractivity contribution in [1.82, 2.24) is 5.32 Å². The second kappa shape index (κ2) is 11.3. The molecule has 0 aliphatic carbocycles. The number of nitrogens with zero attached hydrogens (tertiary/aromatic N) is 3. The summed E-state index contributed by atoms with van der Waals surface area (Å²) >= 11 is 1.17. The summed E-state index contributed by atoms with van der Waals surface area (Å²) in [5.74, 6) is 0.611. The Morgan fingerprint density at radius 1 is 1.27 bits per heavy atom. The highest BCUT2D eigenvalue weighted by atomic mass is 32.2. The zero-order chi connectivity index (χ0) is 23.8. The smallest absolute Gasteiger partial charge is 0.283 e. The zero-order valence-corrected chi connectivity index (χ0v) is 19.7. The van der Waals surface area contributed by atoms with Gasteiger partial charge in [0.15, 0.2) is 5.17 Å². The Labute approximate surface area is 198 Å². The number of nitrogens with one attached hydrogen (secondary N) is 1. The molecule has 0 unspecified atom stereocenters. The summed E-state index contributed by atoms with van der Waals surface area (Å²) in [6.45, 7) is 4.55. The number of ether oxygens (including phenoxy) is 1. The van der Waals surface area contributed by atoms with E-state index in [4.69, 9.17) is 10.00 Å². The quantitative estimate of drug-likeness (QED) is 0.466. The molecule has 2 aromatic carbocycles. The molecule has 0 atom stereocenters. The molecule has 1 heterocycles. The first-order valence-corrected chi connectivity index (χ1v) is 11.6. The Hall–Kier alpha value is -3.57. The summed E-state index contributed by atoms with van der Waals surface area (Å²) < 4.78 is 5.30. The van der Waals surface area contributed by atoms with Gasteiger partial charge in [0.05, 0.1) is 31.0 Å². The molecule has 1 N–H and O–H groups in total. The molecule has 0 saturated carbocycles. The number of anilines is 1. The van der Waals surface area contributed by atoms with E-state index in [1.165, 1.54) is 22.2 Å². The fourth-order valence-electron chi connectivity index (χ4n) is 3.14. The first kappa shape index (κ1) is 24.1. The van der Waals surface area contributed by atoms with Gasteiger partial charge in [-0.15, -0.1) is 0 Å². The molecule has 0 aromatic heterocycles. The molecule has 2 aromatic rings. The Morgan fingerprint density at radius 2 is 2.03 bits per heavy atom. The van der Waals surface area contributed by atoms with Gasteiger partial charge in [0, 0.05) is 12.6 Å². The van der Waals surface area contributed by atoms with E-state index >= 15 is 0 Å². The Morgan fingerprint density at radius 3 is 2.70 bits per heavy atom. The van der Waals surface area contributed by atoms with Gasteiger partial charge in [-0.1, -0.05) is 55.9 Å². The lowest BCUT2D eigenvalue weighted by atomic mass is 10.0. The molecule has 0 fully saturated rings. The molecule has 3 rings (SSSR count). The lowest BCUT2D eigenvalue weighted by molar-refractivity contribution is -0.118. The van der Waals surface area contributed by atoms with Crippen LogP contribution in [0, 0.1) is 11.3 Å². The van der Waals surface area contributed by atoms with E-state index in [-0.39, 0.29) is 24.0 Å². The van der Waals surface area contributed by atoms with E-state index in [0.29, 0.717) is 34.8 Å². The van der Waals surface area contributed by atoms with Crippen molar-refractivity contribution in [2.24, 2.45) is 4.99 Å². The van der Waals surface area contributed by atoms with E-state index < -0.39 is 0 Å². The minimum atomic E-state index is -0.274. The molecular weight excluding hydrogens is 436 g/mol. The maximum absolute atomic E-state index is 13.3. The molecule has 0 saturated heterocycles. The molecule has 1 aliphatic rings. The highest BCUT2D eigenvalue weighted by Gasteiger charge is 2.32. The Bertz CT molecular complexity index is 1120. The van der Waals surface area contributed by atoms with Gasteiger partial charge in [0.2, 0.25) is 5.91 Å². The van der Waals surface area contributed by atoms with Crippen molar-refractivity contribution in [1.29, 1.82) is 5.26 Å². The van der Waals surface area contributed by atoms with Crippen LogP contribution in [0.3, 0.4) is 0 Å². The van der Waals surface area contributed by atoms with Gasteiger partial charge in [0.1, 0.15) is 11.4 Å². The fraction of sp³-hybridized carbons (Fsp3) is 0.280. The summed E-state index contributed by atoms with van der Waals surface area (Å²) in [4.78, 5) is 31.5. The van der Waals surface area contributed by atoms with Crippen LogP contribution >= 0.6 is 11.8 Å². The van der Waals surface area contributed by atoms with Crippen LogP contribution in [0.1, 0.15) is 37.3 Å². The Balaban J connectivity index is 1.87. The number of carbonyl (C=O) groups is 2. The number of thioether (sulfide) groups is 1. The van der Waals surface area contributed by atoms with Crippen molar-refractivity contribution in [2.75, 3.05) is 24.3 Å². The third kappa shape index (κ3) is 6.24. The van der Waals surface area contributed by atoms with E-state index in [0.717, 1.165) is 5.56 Å². The predicted molar refractivity (Wildman–Crippen MR) is 132 cm³/mol. The molecule has 2 amide bonds. The van der Waals surface area contributed by atoms with Crippen LogP contribution in [0.15, 0.2) is 59.2 Å². The largest absolute Gasteiger partial charge is 0.497 e. The van der Waals surface area contributed by atoms with Crippen LogP contribution in [0.5, 0.6) is 5.75 Å². The average Bonchev–Trinajstić information content (AvgIpc) is 3.13. The topological polar surface area (TPSA) is 94.8 Å². The van der Waals surface area contributed by atoms with Gasteiger partial charge in [-0.25, -0.2) is 4.99 Å². The minimum Gasteiger partial charge on any atom is -0.497 e. The van der Waals surface area contributed by atoms with E-state index in [1.807, 2.05) is 30.3 Å². The van der Waals surface area contributed by atoms with Crippen molar-refractivity contribution < 1.29 is 14.3 Å². The SMILES string of the molecule is COc1cccc(N2C(=O)/C(=C\c3ccc(C(C)C)cc3)N=C2SCC(=O)NCCC#N)c1. The number of hydrogen-bond donors (Lipinski definition) is 1. The molecule has 0 bridgehead atoms. The number of amides is 2. The lowest BCUT2D eigenvalue weighted by Gasteiger charge is -2.18. The van der Waals surface area contributed by atoms with Crippen molar-refractivity contribution in [3.05, 3.63) is 65.4 Å². The molecule has 33 heavy (non-hydrogen) atoms. The molecule has 1 aliphatic heterocycles. The minimum absolute atomic E-state index is 0.0778. The van der Waals surface area contributed by atoms with E-state index in [2.05, 4.69) is 24.2 Å². The van der Waals surface area contributed by atoms with Crippen LogP contribution in [0.2, 0.25) is 0 Å². The van der Waals surface area contributed by atoms with Gasteiger partial charge in [-0.05, 0) is 35.3 Å². The number of rotatable bonds is 8. The third-order valence-corrected chi connectivity index (χ3v) is 5.88. The summed E-state index contributed by atoms with van der Waals surface area (Å²) in [5, 5.41) is 11.7. The van der Waals surface area contributed by atoms with Crippen molar-refractivity contribution in [3.63, 3.8) is 0 Å². The summed E-state index contributed by atoms with van der Waals surface area (Å²) in [7, 11) is 1.56. The summed E-state index contributed by atoms with van der Waals surface area (Å²) in [6, 6.07) is 17.1. The standard InChI is InChI=1S/C25H26N4O3S/c1-17(2)19-10-8-18(9-11-19)14-22-24(31)29(20-6-4-7-21(15-20)32-3)25(28-22)33-16-23(30)27-13-5-12-26/h4,6-11,14-15,17H,5,13,16H2,1-3H3,(H,27,30)/b22-14+.